The summed E-state index contributed by atoms with van der Waals surface area (Å²) in [5.41, 5.74) is -0.799. The van der Waals surface area contributed by atoms with Crippen LogP contribution in [0.2, 0.25) is 0 Å². The maximum absolute atomic E-state index is 13.0. The minimum Gasteiger partial charge on any atom is -0.489 e. The number of alkyl halides is 3. The lowest BCUT2D eigenvalue weighted by Gasteiger charge is -2.15. The first kappa shape index (κ1) is 20.9. The summed E-state index contributed by atoms with van der Waals surface area (Å²) in [6.07, 6.45) is -3.06. The zero-order chi connectivity index (χ0) is 20.0. The minimum atomic E-state index is -4.56. The van der Waals surface area contributed by atoms with Crippen molar-refractivity contribution in [3.63, 3.8) is 0 Å². The Morgan fingerprint density at radius 1 is 1.11 bits per heavy atom. The van der Waals surface area contributed by atoms with E-state index >= 15 is 0 Å². The highest BCUT2D eigenvalue weighted by Gasteiger charge is 2.31. The number of rotatable bonds is 7. The van der Waals surface area contributed by atoms with Crippen molar-refractivity contribution in [2.24, 2.45) is 0 Å². The Kier molecular flexibility index (Phi) is 6.98. The van der Waals surface area contributed by atoms with Gasteiger partial charge in [0.2, 0.25) is 0 Å². The maximum atomic E-state index is 13.0. The van der Waals surface area contributed by atoms with Gasteiger partial charge in [-0.3, -0.25) is 9.00 Å². The maximum Gasteiger partial charge on any atom is 0.416 e. The number of carbonyl (C=O) groups is 1. The fourth-order valence-corrected chi connectivity index (χ4v) is 2.68. The molecule has 1 amide bonds. The molecule has 0 saturated carbocycles. The van der Waals surface area contributed by atoms with Gasteiger partial charge in [-0.05, 0) is 42.5 Å². The number of hydrogen-bond acceptors (Lipinski definition) is 4. The average Bonchev–Trinajstić information content (AvgIpc) is 2.62. The first-order valence-electron chi connectivity index (χ1n) is 7.80. The first-order chi connectivity index (χ1) is 12.7. The molecular weight excluding hydrogens is 383 g/mol. The van der Waals surface area contributed by atoms with Gasteiger partial charge in [-0.25, -0.2) is 0 Å². The van der Waals surface area contributed by atoms with E-state index in [2.05, 4.69) is 5.32 Å². The molecule has 0 aliphatic carbocycles. The van der Waals surface area contributed by atoms with Crippen molar-refractivity contribution in [3.8, 4) is 5.75 Å². The lowest BCUT2D eigenvalue weighted by Crippen LogP contribution is -2.15. The fraction of sp³-hybridized carbons (Fsp3) is 0.278. The van der Waals surface area contributed by atoms with E-state index < -0.39 is 28.4 Å². The molecule has 146 valence electrons. The predicted octanol–water partition coefficient (Wildman–Crippen LogP) is 3.72. The van der Waals surface area contributed by atoms with Crippen molar-refractivity contribution in [1.82, 2.24) is 0 Å². The summed E-state index contributed by atoms with van der Waals surface area (Å²) in [4.78, 5) is 12.9. The molecule has 0 bridgehead atoms. The van der Waals surface area contributed by atoms with Crippen molar-refractivity contribution in [2.75, 3.05) is 31.9 Å². The average molecular weight is 401 g/mol. The highest BCUT2D eigenvalue weighted by Crippen LogP contribution is 2.35. The molecule has 1 atom stereocenters. The fourth-order valence-electron chi connectivity index (χ4n) is 2.16. The number of benzene rings is 2. The van der Waals surface area contributed by atoms with Gasteiger partial charge in [-0.1, -0.05) is 0 Å². The van der Waals surface area contributed by atoms with Crippen molar-refractivity contribution in [3.05, 3.63) is 53.6 Å². The van der Waals surface area contributed by atoms with Gasteiger partial charge < -0.3 is 14.8 Å². The van der Waals surface area contributed by atoms with E-state index in [0.29, 0.717) is 4.90 Å². The second-order valence-electron chi connectivity index (χ2n) is 5.48. The standard InChI is InChI=1S/C18H18F3NO4S/c1-25-9-10-26-16-8-5-13(18(19,20)21)11-15(16)22-17(23)12-3-6-14(7-4-12)27(2)24/h3-8,11H,9-10H2,1-2H3,(H,22,23). The Morgan fingerprint density at radius 3 is 2.33 bits per heavy atom. The summed E-state index contributed by atoms with van der Waals surface area (Å²) in [6, 6.07) is 8.78. The van der Waals surface area contributed by atoms with E-state index in [9.17, 15) is 22.2 Å². The minimum absolute atomic E-state index is 0.0969. The Morgan fingerprint density at radius 2 is 1.78 bits per heavy atom. The normalized spacial score (nSPS) is 12.5. The summed E-state index contributed by atoms with van der Waals surface area (Å²) in [5, 5.41) is 2.43. The van der Waals surface area contributed by atoms with Gasteiger partial charge in [0.15, 0.2) is 0 Å². The van der Waals surface area contributed by atoms with E-state index in [1.807, 2.05) is 0 Å². The molecule has 0 heterocycles. The van der Waals surface area contributed by atoms with Crippen LogP contribution in [0.3, 0.4) is 0 Å². The SMILES string of the molecule is COCCOc1ccc(C(F)(F)F)cc1NC(=O)c1ccc(S(C)=O)cc1. The van der Waals surface area contributed by atoms with Crippen LogP contribution in [0.15, 0.2) is 47.4 Å². The lowest BCUT2D eigenvalue weighted by molar-refractivity contribution is -0.137. The monoisotopic (exact) mass is 401 g/mol. The molecule has 0 fully saturated rings. The molecule has 27 heavy (non-hydrogen) atoms. The van der Waals surface area contributed by atoms with Crippen molar-refractivity contribution >= 4 is 22.4 Å². The highest BCUT2D eigenvalue weighted by molar-refractivity contribution is 7.84. The van der Waals surface area contributed by atoms with Gasteiger partial charge in [0.05, 0.1) is 17.9 Å². The molecule has 1 unspecified atom stereocenters. The molecule has 1 N–H and O–H groups in total. The Labute approximate surface area is 156 Å². The molecule has 0 saturated heterocycles. The molecule has 0 radical (unpaired) electrons. The number of nitrogens with one attached hydrogen (secondary N) is 1. The van der Waals surface area contributed by atoms with Crippen molar-refractivity contribution < 1.29 is 31.6 Å². The first-order valence-corrected chi connectivity index (χ1v) is 9.36. The summed E-state index contributed by atoms with van der Waals surface area (Å²) in [7, 11) is 0.266. The van der Waals surface area contributed by atoms with Crippen LogP contribution >= 0.6 is 0 Å². The van der Waals surface area contributed by atoms with Crippen LogP contribution in [0.25, 0.3) is 0 Å². The Hall–Kier alpha value is -2.39. The number of halogens is 3. The largest absolute Gasteiger partial charge is 0.489 e. The number of anilines is 1. The third kappa shape index (κ3) is 5.80. The van der Waals surface area contributed by atoms with Crippen LogP contribution in [0.5, 0.6) is 5.75 Å². The van der Waals surface area contributed by atoms with Gasteiger partial charge in [0, 0.05) is 34.6 Å². The summed E-state index contributed by atoms with van der Waals surface area (Å²) >= 11 is 0. The van der Waals surface area contributed by atoms with Gasteiger partial charge in [-0.2, -0.15) is 13.2 Å². The van der Waals surface area contributed by atoms with Crippen molar-refractivity contribution in [1.29, 1.82) is 0 Å². The highest BCUT2D eigenvalue weighted by atomic mass is 32.2. The van der Waals surface area contributed by atoms with E-state index in [1.165, 1.54) is 37.6 Å². The van der Waals surface area contributed by atoms with E-state index in [4.69, 9.17) is 9.47 Å². The molecule has 2 aromatic carbocycles. The van der Waals surface area contributed by atoms with Crippen LogP contribution in [-0.4, -0.2) is 36.7 Å². The summed E-state index contributed by atoms with van der Waals surface area (Å²) in [5.74, 6) is -0.515. The van der Waals surface area contributed by atoms with Crippen LogP contribution < -0.4 is 10.1 Å². The van der Waals surface area contributed by atoms with Gasteiger partial charge in [-0.15, -0.1) is 0 Å². The topological polar surface area (TPSA) is 64.6 Å². The van der Waals surface area contributed by atoms with Gasteiger partial charge in [0.1, 0.15) is 12.4 Å². The summed E-state index contributed by atoms with van der Waals surface area (Å²) < 4.78 is 60.6. The molecule has 0 aliphatic heterocycles. The van der Waals surface area contributed by atoms with Crippen LogP contribution in [0.1, 0.15) is 15.9 Å². The van der Waals surface area contributed by atoms with E-state index in [1.54, 1.807) is 0 Å². The number of carbonyl (C=O) groups excluding carboxylic acids is 1. The van der Waals surface area contributed by atoms with Gasteiger partial charge in [0.25, 0.3) is 5.91 Å². The zero-order valence-corrected chi connectivity index (χ0v) is 15.4. The smallest absolute Gasteiger partial charge is 0.416 e. The molecule has 0 aliphatic rings. The zero-order valence-electron chi connectivity index (χ0n) is 14.6. The number of ether oxygens (including phenoxy) is 2. The molecule has 0 aromatic heterocycles. The van der Waals surface area contributed by atoms with E-state index in [-0.39, 0.29) is 30.2 Å². The van der Waals surface area contributed by atoms with Gasteiger partial charge >= 0.3 is 6.18 Å². The molecule has 9 heteroatoms. The van der Waals surface area contributed by atoms with Crippen LogP contribution in [0, 0.1) is 0 Å². The lowest BCUT2D eigenvalue weighted by atomic mass is 10.1. The Balaban J connectivity index is 2.27. The number of hydrogen-bond donors (Lipinski definition) is 1. The Bertz CT molecular complexity index is 822. The second kappa shape index (κ2) is 9.01. The van der Waals surface area contributed by atoms with E-state index in [0.717, 1.165) is 18.2 Å². The third-order valence-corrected chi connectivity index (χ3v) is 4.48. The summed E-state index contributed by atoms with van der Waals surface area (Å²) in [6.45, 7) is 0.353. The number of amides is 1. The quantitative estimate of drug-likeness (QED) is 0.719. The second-order valence-corrected chi connectivity index (χ2v) is 6.86. The predicted molar refractivity (Wildman–Crippen MR) is 95.5 cm³/mol. The molecule has 5 nitrogen and oxygen atoms in total. The molecular formula is C18H18F3NO4S. The molecule has 0 spiro atoms. The molecule has 2 aromatic rings. The number of methoxy groups -OCH3 is 1. The van der Waals surface area contributed by atoms with Crippen LogP contribution in [-0.2, 0) is 21.7 Å². The van der Waals surface area contributed by atoms with Crippen molar-refractivity contribution in [2.45, 2.75) is 11.1 Å². The third-order valence-electron chi connectivity index (χ3n) is 3.55. The molecule has 2 rings (SSSR count). The van der Waals surface area contributed by atoms with Crippen LogP contribution in [0.4, 0.5) is 18.9 Å².